The van der Waals surface area contributed by atoms with Gasteiger partial charge in [-0.1, -0.05) is 48.3 Å². The number of carbonyl (C=O) groups excluding carboxylic acids is 1. The van der Waals surface area contributed by atoms with Crippen LogP contribution in [0.1, 0.15) is 28.4 Å². The number of benzene rings is 2. The van der Waals surface area contributed by atoms with Gasteiger partial charge in [0.05, 0.1) is 27.0 Å². The molecule has 0 saturated carbocycles. The molecule has 3 nitrogen and oxygen atoms in total. The van der Waals surface area contributed by atoms with E-state index in [0.717, 1.165) is 17.5 Å². The number of carbonyl (C=O) groups is 1. The fourth-order valence-electron chi connectivity index (χ4n) is 2.14. The smallest absolute Gasteiger partial charge is 0.250 e. The second kappa shape index (κ2) is 6.37. The first kappa shape index (κ1) is 15.7. The Hall–Kier alpha value is -1.71. The van der Waals surface area contributed by atoms with Crippen molar-refractivity contribution < 1.29 is 4.79 Å². The largest absolute Gasteiger partial charge is 0.366 e. The number of hydrogen-bond donors (Lipinski definition) is 2. The number of amides is 1. The van der Waals surface area contributed by atoms with Crippen LogP contribution in [-0.2, 0) is 6.42 Å². The fourth-order valence-corrected chi connectivity index (χ4v) is 2.61. The van der Waals surface area contributed by atoms with Crippen LogP contribution in [-0.4, -0.2) is 5.91 Å². The molecule has 0 unspecified atom stereocenters. The zero-order chi connectivity index (χ0) is 15.6. The predicted octanol–water partition coefficient (Wildman–Crippen LogP) is 4.71. The van der Waals surface area contributed by atoms with Crippen molar-refractivity contribution in [3.05, 3.63) is 57.1 Å². The Balaban J connectivity index is 2.59. The molecule has 0 aliphatic rings. The highest BCUT2D eigenvalue weighted by molar-refractivity contribution is 6.39. The zero-order valence-corrected chi connectivity index (χ0v) is 13.3. The number of rotatable bonds is 4. The van der Waals surface area contributed by atoms with Gasteiger partial charge in [0.1, 0.15) is 0 Å². The molecule has 0 atom stereocenters. The molecule has 2 rings (SSSR count). The maximum Gasteiger partial charge on any atom is 0.250 e. The molecule has 110 valence electrons. The van der Waals surface area contributed by atoms with Gasteiger partial charge in [-0.05, 0) is 36.6 Å². The van der Waals surface area contributed by atoms with Crippen molar-refractivity contribution in [2.45, 2.75) is 20.3 Å². The molecule has 0 spiro atoms. The zero-order valence-electron chi connectivity index (χ0n) is 11.8. The van der Waals surface area contributed by atoms with Gasteiger partial charge in [-0.25, -0.2) is 0 Å². The van der Waals surface area contributed by atoms with Gasteiger partial charge < -0.3 is 11.1 Å². The highest BCUT2D eigenvalue weighted by Gasteiger charge is 2.15. The molecule has 0 bridgehead atoms. The van der Waals surface area contributed by atoms with Crippen molar-refractivity contribution in [2.75, 3.05) is 5.32 Å². The number of nitrogens with two attached hydrogens (primary N) is 1. The van der Waals surface area contributed by atoms with Crippen molar-refractivity contribution in [2.24, 2.45) is 5.73 Å². The quantitative estimate of drug-likeness (QED) is 0.856. The van der Waals surface area contributed by atoms with E-state index >= 15 is 0 Å². The van der Waals surface area contributed by atoms with Crippen molar-refractivity contribution in [3.8, 4) is 0 Å². The van der Waals surface area contributed by atoms with Crippen molar-refractivity contribution in [3.63, 3.8) is 0 Å². The minimum Gasteiger partial charge on any atom is -0.366 e. The molecule has 0 aromatic heterocycles. The average Bonchev–Trinajstić information content (AvgIpc) is 2.47. The summed E-state index contributed by atoms with van der Waals surface area (Å²) in [5.41, 5.74) is 8.99. The lowest BCUT2D eigenvalue weighted by Gasteiger charge is -2.17. The van der Waals surface area contributed by atoms with E-state index in [4.69, 9.17) is 28.9 Å². The topological polar surface area (TPSA) is 55.1 Å². The van der Waals surface area contributed by atoms with Gasteiger partial charge in [0.15, 0.2) is 0 Å². The van der Waals surface area contributed by atoms with Gasteiger partial charge in [0, 0.05) is 0 Å². The summed E-state index contributed by atoms with van der Waals surface area (Å²) in [7, 11) is 0. The van der Waals surface area contributed by atoms with E-state index in [1.807, 2.05) is 32.0 Å². The Morgan fingerprint density at radius 1 is 1.19 bits per heavy atom. The number of hydrogen-bond acceptors (Lipinski definition) is 2. The van der Waals surface area contributed by atoms with Crippen LogP contribution >= 0.6 is 23.2 Å². The Morgan fingerprint density at radius 2 is 1.90 bits per heavy atom. The first-order valence-corrected chi connectivity index (χ1v) is 7.34. The summed E-state index contributed by atoms with van der Waals surface area (Å²) in [6.07, 6.45) is 0.754. The Morgan fingerprint density at radius 3 is 2.52 bits per heavy atom. The maximum atomic E-state index is 11.6. The van der Waals surface area contributed by atoms with Crippen molar-refractivity contribution >= 4 is 40.5 Å². The molecule has 1 amide bonds. The van der Waals surface area contributed by atoms with E-state index < -0.39 is 5.91 Å². The molecule has 0 fully saturated rings. The molecule has 3 N–H and O–H groups in total. The third kappa shape index (κ3) is 3.14. The molecule has 0 aliphatic heterocycles. The summed E-state index contributed by atoms with van der Waals surface area (Å²) in [6.45, 7) is 3.90. The highest BCUT2D eigenvalue weighted by Crippen LogP contribution is 2.37. The van der Waals surface area contributed by atoms with E-state index in [-0.39, 0.29) is 0 Å². The second-order valence-corrected chi connectivity index (χ2v) is 5.52. The summed E-state index contributed by atoms with van der Waals surface area (Å²) in [5.74, 6) is -0.493. The standard InChI is InChI=1S/C16H16Cl2N2O/c1-3-10-5-4-6-11(16(19)21)14(10)20-15-12(17)8-7-9(2)13(15)18/h4-8,20H,3H2,1-2H3,(H2,19,21). The second-order valence-electron chi connectivity index (χ2n) is 4.74. The molecular formula is C16H16Cl2N2O. The Labute approximate surface area is 134 Å². The van der Waals surface area contributed by atoms with Gasteiger partial charge in [-0.3, -0.25) is 4.79 Å². The Kier molecular flexibility index (Phi) is 4.76. The lowest BCUT2D eigenvalue weighted by atomic mass is 10.0. The van der Waals surface area contributed by atoms with Crippen LogP contribution in [0.15, 0.2) is 30.3 Å². The molecule has 2 aromatic carbocycles. The maximum absolute atomic E-state index is 11.6. The van der Waals surface area contributed by atoms with Crippen molar-refractivity contribution in [1.29, 1.82) is 0 Å². The molecule has 5 heteroatoms. The number of anilines is 2. The van der Waals surface area contributed by atoms with E-state index in [1.165, 1.54) is 0 Å². The van der Waals surface area contributed by atoms with Crippen LogP contribution in [0.3, 0.4) is 0 Å². The minimum atomic E-state index is -0.493. The van der Waals surface area contributed by atoms with Crippen LogP contribution in [0.25, 0.3) is 0 Å². The molecular weight excluding hydrogens is 307 g/mol. The average molecular weight is 323 g/mol. The molecule has 0 saturated heterocycles. The summed E-state index contributed by atoms with van der Waals surface area (Å²) >= 11 is 12.5. The monoisotopic (exact) mass is 322 g/mol. The van der Waals surface area contributed by atoms with E-state index in [2.05, 4.69) is 5.32 Å². The normalized spacial score (nSPS) is 10.5. The molecule has 21 heavy (non-hydrogen) atoms. The Bertz CT molecular complexity index is 699. The number of halogens is 2. The fraction of sp³-hybridized carbons (Fsp3) is 0.188. The number of para-hydroxylation sites is 1. The lowest BCUT2D eigenvalue weighted by molar-refractivity contribution is 0.100. The summed E-state index contributed by atoms with van der Waals surface area (Å²) in [6, 6.07) is 9.04. The first-order valence-electron chi connectivity index (χ1n) is 6.59. The first-order chi connectivity index (χ1) is 9.95. The van der Waals surface area contributed by atoms with Crippen LogP contribution < -0.4 is 11.1 Å². The van der Waals surface area contributed by atoms with E-state index in [9.17, 15) is 4.79 Å². The SMILES string of the molecule is CCc1cccc(C(N)=O)c1Nc1c(Cl)ccc(C)c1Cl. The van der Waals surface area contributed by atoms with Gasteiger partial charge >= 0.3 is 0 Å². The predicted molar refractivity (Wildman–Crippen MR) is 88.8 cm³/mol. The molecule has 2 aromatic rings. The van der Waals surface area contributed by atoms with Gasteiger partial charge in [-0.2, -0.15) is 0 Å². The summed E-state index contributed by atoms with van der Waals surface area (Å²) < 4.78 is 0. The van der Waals surface area contributed by atoms with E-state index in [1.54, 1.807) is 12.1 Å². The van der Waals surface area contributed by atoms with Crippen LogP contribution in [0.5, 0.6) is 0 Å². The van der Waals surface area contributed by atoms with Gasteiger partial charge in [0.25, 0.3) is 5.91 Å². The third-order valence-corrected chi connectivity index (χ3v) is 4.13. The molecule has 0 radical (unpaired) electrons. The lowest BCUT2D eigenvalue weighted by Crippen LogP contribution is -2.14. The van der Waals surface area contributed by atoms with E-state index in [0.29, 0.717) is 27.0 Å². The van der Waals surface area contributed by atoms with Crippen molar-refractivity contribution in [1.82, 2.24) is 0 Å². The number of nitrogens with one attached hydrogen (secondary N) is 1. The van der Waals surface area contributed by atoms with Crippen LogP contribution in [0, 0.1) is 6.92 Å². The highest BCUT2D eigenvalue weighted by atomic mass is 35.5. The van der Waals surface area contributed by atoms with Crippen LogP contribution in [0.2, 0.25) is 10.0 Å². The minimum absolute atomic E-state index is 0.419. The molecule has 0 aliphatic carbocycles. The summed E-state index contributed by atoms with van der Waals surface area (Å²) in [5, 5.41) is 4.21. The number of primary amides is 1. The molecule has 0 heterocycles. The number of aryl methyl sites for hydroxylation is 2. The third-order valence-electron chi connectivity index (χ3n) is 3.33. The van der Waals surface area contributed by atoms with Crippen LogP contribution in [0.4, 0.5) is 11.4 Å². The van der Waals surface area contributed by atoms with Gasteiger partial charge in [-0.15, -0.1) is 0 Å². The summed E-state index contributed by atoms with van der Waals surface area (Å²) in [4.78, 5) is 11.6. The van der Waals surface area contributed by atoms with Gasteiger partial charge in [0.2, 0.25) is 0 Å².